The molecule has 1 heterocycles. The Kier molecular flexibility index (Phi) is 2.76. The van der Waals surface area contributed by atoms with E-state index in [9.17, 15) is 9.59 Å². The summed E-state index contributed by atoms with van der Waals surface area (Å²) < 4.78 is 1.18. The van der Waals surface area contributed by atoms with Crippen LogP contribution in [0.5, 0.6) is 0 Å². The standard InChI is InChI=1S/C7H10N4O2/c1-5-2-7(13)11(4-9-5)3-6(12)10-8/h2,4H,3,8H2,1H3,(H,10,12). The molecule has 1 rings (SSSR count). The monoisotopic (exact) mass is 182 g/mol. The zero-order chi connectivity index (χ0) is 9.84. The van der Waals surface area contributed by atoms with Crippen LogP contribution in [-0.4, -0.2) is 15.5 Å². The summed E-state index contributed by atoms with van der Waals surface area (Å²) in [5, 5.41) is 0. The van der Waals surface area contributed by atoms with E-state index >= 15 is 0 Å². The van der Waals surface area contributed by atoms with E-state index in [-0.39, 0.29) is 12.1 Å². The fraction of sp³-hybridized carbons (Fsp3) is 0.286. The summed E-state index contributed by atoms with van der Waals surface area (Å²) in [5.74, 6) is 4.43. The van der Waals surface area contributed by atoms with E-state index < -0.39 is 5.91 Å². The van der Waals surface area contributed by atoms with Gasteiger partial charge in [0.1, 0.15) is 6.54 Å². The first kappa shape index (κ1) is 9.40. The Morgan fingerprint density at radius 1 is 1.77 bits per heavy atom. The number of carbonyl (C=O) groups is 1. The molecule has 70 valence electrons. The van der Waals surface area contributed by atoms with Crippen LogP contribution in [0.1, 0.15) is 5.69 Å². The minimum absolute atomic E-state index is 0.109. The van der Waals surface area contributed by atoms with E-state index in [0.29, 0.717) is 5.69 Å². The molecule has 0 bridgehead atoms. The molecule has 0 unspecified atom stereocenters. The van der Waals surface area contributed by atoms with Gasteiger partial charge in [-0.05, 0) is 6.92 Å². The molecule has 0 fully saturated rings. The molecule has 1 aromatic rings. The van der Waals surface area contributed by atoms with Crippen molar-refractivity contribution in [2.24, 2.45) is 5.84 Å². The van der Waals surface area contributed by atoms with Crippen molar-refractivity contribution in [2.75, 3.05) is 0 Å². The van der Waals surface area contributed by atoms with Crippen molar-refractivity contribution in [3.8, 4) is 0 Å². The number of hydrogen-bond donors (Lipinski definition) is 2. The molecule has 1 aromatic heterocycles. The van der Waals surface area contributed by atoms with Gasteiger partial charge in [-0.15, -0.1) is 0 Å². The molecule has 0 aliphatic rings. The number of aromatic nitrogens is 2. The topological polar surface area (TPSA) is 90.0 Å². The lowest BCUT2D eigenvalue weighted by Gasteiger charge is -2.02. The number of amides is 1. The maximum absolute atomic E-state index is 11.2. The minimum Gasteiger partial charge on any atom is -0.293 e. The third-order valence-corrected chi connectivity index (χ3v) is 1.49. The van der Waals surface area contributed by atoms with Gasteiger partial charge in [0, 0.05) is 11.8 Å². The van der Waals surface area contributed by atoms with E-state index in [1.807, 2.05) is 5.43 Å². The minimum atomic E-state index is -0.437. The lowest BCUT2D eigenvalue weighted by atomic mass is 10.4. The number of nitrogens with two attached hydrogens (primary N) is 1. The zero-order valence-electron chi connectivity index (χ0n) is 7.15. The zero-order valence-corrected chi connectivity index (χ0v) is 7.15. The molecule has 0 aliphatic carbocycles. The third kappa shape index (κ3) is 2.38. The number of nitrogens with one attached hydrogen (secondary N) is 1. The molecule has 0 spiro atoms. The number of rotatable bonds is 2. The Labute approximate surface area is 74.4 Å². The van der Waals surface area contributed by atoms with E-state index in [4.69, 9.17) is 5.84 Å². The highest BCUT2D eigenvalue weighted by Crippen LogP contribution is 1.84. The summed E-state index contributed by atoms with van der Waals surface area (Å²) in [4.78, 5) is 25.9. The van der Waals surface area contributed by atoms with Gasteiger partial charge in [-0.2, -0.15) is 0 Å². The molecule has 0 saturated heterocycles. The summed E-state index contributed by atoms with van der Waals surface area (Å²) in [6.07, 6.45) is 1.31. The fourth-order valence-corrected chi connectivity index (χ4v) is 0.836. The van der Waals surface area contributed by atoms with Crippen molar-refractivity contribution in [3.05, 3.63) is 28.4 Å². The lowest BCUT2D eigenvalue weighted by Crippen LogP contribution is -2.36. The average Bonchev–Trinajstić information content (AvgIpc) is 2.09. The van der Waals surface area contributed by atoms with E-state index in [0.717, 1.165) is 0 Å². The molecule has 0 aliphatic heterocycles. The van der Waals surface area contributed by atoms with Crippen LogP contribution in [0, 0.1) is 6.92 Å². The molecule has 0 aromatic carbocycles. The summed E-state index contributed by atoms with van der Waals surface area (Å²) in [5.41, 5.74) is 2.28. The van der Waals surface area contributed by atoms with Gasteiger partial charge in [0.2, 0.25) is 0 Å². The first-order chi connectivity index (χ1) is 6.13. The molecule has 0 saturated carbocycles. The van der Waals surface area contributed by atoms with Crippen LogP contribution in [-0.2, 0) is 11.3 Å². The normalized spacial score (nSPS) is 9.69. The second-order valence-electron chi connectivity index (χ2n) is 2.56. The Hall–Kier alpha value is -1.69. The van der Waals surface area contributed by atoms with Crippen LogP contribution < -0.4 is 16.8 Å². The highest BCUT2D eigenvalue weighted by molar-refractivity contribution is 5.74. The van der Waals surface area contributed by atoms with Crippen LogP contribution in [0.4, 0.5) is 0 Å². The highest BCUT2D eigenvalue weighted by Gasteiger charge is 2.01. The van der Waals surface area contributed by atoms with Crippen LogP contribution in [0.3, 0.4) is 0 Å². The second kappa shape index (κ2) is 3.81. The molecule has 1 amide bonds. The number of nitrogens with zero attached hydrogens (tertiary/aromatic N) is 2. The second-order valence-corrected chi connectivity index (χ2v) is 2.56. The smallest absolute Gasteiger partial charge is 0.253 e. The maximum Gasteiger partial charge on any atom is 0.253 e. The Morgan fingerprint density at radius 3 is 3.00 bits per heavy atom. The molecule has 6 heteroatoms. The molecule has 0 atom stereocenters. The predicted octanol–water partition coefficient (Wildman–Crippen LogP) is -1.46. The predicted molar refractivity (Wildman–Crippen MR) is 45.6 cm³/mol. The number of hydrazine groups is 1. The fourth-order valence-electron chi connectivity index (χ4n) is 0.836. The first-order valence-electron chi connectivity index (χ1n) is 3.66. The average molecular weight is 182 g/mol. The first-order valence-corrected chi connectivity index (χ1v) is 3.66. The summed E-state index contributed by atoms with van der Waals surface area (Å²) >= 11 is 0. The summed E-state index contributed by atoms with van der Waals surface area (Å²) in [7, 11) is 0. The van der Waals surface area contributed by atoms with Gasteiger partial charge in [-0.25, -0.2) is 10.8 Å². The van der Waals surface area contributed by atoms with E-state index in [2.05, 4.69) is 4.98 Å². The number of aryl methyl sites for hydroxylation is 1. The van der Waals surface area contributed by atoms with Gasteiger partial charge in [-0.3, -0.25) is 19.6 Å². The largest absolute Gasteiger partial charge is 0.293 e. The van der Waals surface area contributed by atoms with Crippen molar-refractivity contribution in [1.82, 2.24) is 15.0 Å². The van der Waals surface area contributed by atoms with Crippen LogP contribution in [0.2, 0.25) is 0 Å². The molecular formula is C7H10N4O2. The van der Waals surface area contributed by atoms with Gasteiger partial charge in [-0.1, -0.05) is 0 Å². The summed E-state index contributed by atoms with van der Waals surface area (Å²) in [6, 6.07) is 1.35. The van der Waals surface area contributed by atoms with E-state index in [1.165, 1.54) is 17.0 Å². The summed E-state index contributed by atoms with van der Waals surface area (Å²) in [6.45, 7) is 1.59. The number of hydrogen-bond acceptors (Lipinski definition) is 4. The van der Waals surface area contributed by atoms with Crippen molar-refractivity contribution in [2.45, 2.75) is 13.5 Å². The van der Waals surface area contributed by atoms with Crippen molar-refractivity contribution in [1.29, 1.82) is 0 Å². The molecule has 13 heavy (non-hydrogen) atoms. The highest BCUT2D eigenvalue weighted by atomic mass is 16.2. The Morgan fingerprint density at radius 2 is 2.46 bits per heavy atom. The van der Waals surface area contributed by atoms with Crippen molar-refractivity contribution in [3.63, 3.8) is 0 Å². The lowest BCUT2D eigenvalue weighted by molar-refractivity contribution is -0.121. The van der Waals surface area contributed by atoms with E-state index in [1.54, 1.807) is 6.92 Å². The number of carbonyl (C=O) groups excluding carboxylic acids is 1. The van der Waals surface area contributed by atoms with Gasteiger partial charge >= 0.3 is 0 Å². The van der Waals surface area contributed by atoms with Crippen LogP contribution in [0.25, 0.3) is 0 Å². The maximum atomic E-state index is 11.2. The van der Waals surface area contributed by atoms with Crippen LogP contribution >= 0.6 is 0 Å². The molecule has 3 N–H and O–H groups in total. The van der Waals surface area contributed by atoms with Crippen molar-refractivity contribution < 1.29 is 4.79 Å². The molecule has 0 radical (unpaired) electrons. The molecule has 6 nitrogen and oxygen atoms in total. The van der Waals surface area contributed by atoms with Gasteiger partial charge < -0.3 is 0 Å². The van der Waals surface area contributed by atoms with Crippen LogP contribution in [0.15, 0.2) is 17.2 Å². The Bertz CT molecular complexity index is 371. The quantitative estimate of drug-likeness (QED) is 0.332. The van der Waals surface area contributed by atoms with Gasteiger partial charge in [0.25, 0.3) is 11.5 Å². The molecular weight excluding hydrogens is 172 g/mol. The van der Waals surface area contributed by atoms with Gasteiger partial charge in [0.15, 0.2) is 0 Å². The van der Waals surface area contributed by atoms with Gasteiger partial charge in [0.05, 0.1) is 6.33 Å². The SMILES string of the molecule is Cc1cc(=O)n(CC(=O)NN)cn1. The van der Waals surface area contributed by atoms with Crippen molar-refractivity contribution >= 4 is 5.91 Å². The third-order valence-electron chi connectivity index (χ3n) is 1.49. The Balaban J connectivity index is 2.90.